The van der Waals surface area contributed by atoms with Crippen LogP contribution in [-0.4, -0.2) is 16.0 Å². The molecule has 12 heavy (non-hydrogen) atoms. The largest absolute Gasteiger partial charge is 0.238 e. The molecule has 62 valence electrons. The zero-order valence-corrected chi connectivity index (χ0v) is 7.07. The second kappa shape index (κ2) is 3.67. The first-order valence-corrected chi connectivity index (χ1v) is 3.58. The third kappa shape index (κ3) is 2.20. The van der Waals surface area contributed by atoms with Crippen molar-refractivity contribution in [3.05, 3.63) is 37.2 Å². The van der Waals surface area contributed by atoms with Gasteiger partial charge in [0.25, 0.3) is 0 Å². The van der Waals surface area contributed by atoms with E-state index in [-0.39, 0.29) is 0 Å². The fraction of sp³-hybridized carbons (Fsp3) is 0.111. The summed E-state index contributed by atoms with van der Waals surface area (Å²) in [6, 6.07) is 1.82. The van der Waals surface area contributed by atoms with E-state index in [0.29, 0.717) is 5.82 Å². The first kappa shape index (κ1) is 8.46. The molecule has 1 rings (SSSR count). The van der Waals surface area contributed by atoms with E-state index in [0.717, 1.165) is 5.57 Å². The molecule has 0 atom stereocenters. The second-order valence-electron chi connectivity index (χ2n) is 2.47. The van der Waals surface area contributed by atoms with Crippen LogP contribution in [0.5, 0.6) is 0 Å². The Bertz CT molecular complexity index is 307. The summed E-state index contributed by atoms with van der Waals surface area (Å²) in [5.74, 6) is 0.586. The van der Waals surface area contributed by atoms with E-state index in [4.69, 9.17) is 0 Å². The van der Waals surface area contributed by atoms with Gasteiger partial charge >= 0.3 is 0 Å². The molecule has 3 heteroatoms. The Balaban J connectivity index is 2.68. The van der Waals surface area contributed by atoms with Crippen LogP contribution in [0, 0.1) is 0 Å². The van der Waals surface area contributed by atoms with Crippen molar-refractivity contribution < 1.29 is 0 Å². The third-order valence-corrected chi connectivity index (χ3v) is 1.20. The number of aliphatic imine (C=N–C) groups is 1. The molecule has 0 aliphatic carbocycles. The number of hydrogen-bond acceptors (Lipinski definition) is 2. The van der Waals surface area contributed by atoms with Gasteiger partial charge in [0.05, 0.1) is 0 Å². The summed E-state index contributed by atoms with van der Waals surface area (Å²) in [6.07, 6.45) is 5.13. The van der Waals surface area contributed by atoms with Gasteiger partial charge in [0, 0.05) is 18.6 Å². The molecule has 0 aliphatic heterocycles. The van der Waals surface area contributed by atoms with Gasteiger partial charge in [0.15, 0.2) is 0 Å². The van der Waals surface area contributed by atoms with Crippen molar-refractivity contribution in [2.24, 2.45) is 4.99 Å². The van der Waals surface area contributed by atoms with Crippen LogP contribution in [0.3, 0.4) is 0 Å². The Labute approximate surface area is 71.7 Å². The van der Waals surface area contributed by atoms with E-state index in [1.165, 1.54) is 0 Å². The summed E-state index contributed by atoms with van der Waals surface area (Å²) < 4.78 is 1.60. The maximum atomic E-state index is 4.05. The van der Waals surface area contributed by atoms with Gasteiger partial charge in [-0.15, -0.1) is 0 Å². The lowest BCUT2D eigenvalue weighted by Crippen LogP contribution is -1.93. The predicted molar refractivity (Wildman–Crippen MR) is 50.9 cm³/mol. The van der Waals surface area contributed by atoms with Crippen LogP contribution in [0.1, 0.15) is 6.92 Å². The molecule has 1 aromatic heterocycles. The van der Waals surface area contributed by atoms with Gasteiger partial charge in [-0.05, 0) is 18.6 Å². The maximum absolute atomic E-state index is 4.05. The molecule has 0 saturated carbocycles. The van der Waals surface area contributed by atoms with Crippen molar-refractivity contribution in [1.82, 2.24) is 9.78 Å². The number of allylic oxidation sites excluding steroid dienone is 1. The van der Waals surface area contributed by atoms with Crippen LogP contribution < -0.4 is 0 Å². The molecule has 0 aromatic carbocycles. The first-order valence-electron chi connectivity index (χ1n) is 3.58. The molecular weight excluding hydrogens is 150 g/mol. The van der Waals surface area contributed by atoms with Gasteiger partial charge in [-0.3, -0.25) is 0 Å². The summed E-state index contributed by atoms with van der Waals surface area (Å²) in [5.41, 5.74) is 0.892. The van der Waals surface area contributed by atoms with Gasteiger partial charge in [-0.2, -0.15) is 5.10 Å². The van der Waals surface area contributed by atoms with E-state index in [2.05, 4.69) is 23.2 Å². The van der Waals surface area contributed by atoms with Crippen LogP contribution in [-0.2, 0) is 0 Å². The van der Waals surface area contributed by atoms with E-state index in [1.54, 1.807) is 23.3 Å². The lowest BCUT2D eigenvalue weighted by Gasteiger charge is -1.96. The minimum absolute atomic E-state index is 0.586. The van der Waals surface area contributed by atoms with Crippen LogP contribution in [0.2, 0.25) is 0 Å². The van der Waals surface area contributed by atoms with Crippen LogP contribution in [0.4, 0.5) is 0 Å². The van der Waals surface area contributed by atoms with Crippen molar-refractivity contribution in [3.63, 3.8) is 0 Å². The predicted octanol–water partition coefficient (Wildman–Crippen LogP) is 1.96. The van der Waals surface area contributed by atoms with Crippen molar-refractivity contribution in [3.8, 4) is 0 Å². The van der Waals surface area contributed by atoms with Gasteiger partial charge in [-0.1, -0.05) is 13.2 Å². The average molecular weight is 161 g/mol. The fourth-order valence-corrected chi connectivity index (χ4v) is 0.665. The molecule has 0 saturated heterocycles. The standard InChI is InChI=1S/C9H11N3/c1-8(2)7-10-9(3)12-6-4-5-11-12/h4-7H,1,3H2,2H3/b10-7-. The fourth-order valence-electron chi connectivity index (χ4n) is 0.665. The summed E-state index contributed by atoms with van der Waals surface area (Å²) in [7, 11) is 0. The summed E-state index contributed by atoms with van der Waals surface area (Å²) in [4.78, 5) is 4.05. The Morgan fingerprint density at radius 2 is 2.33 bits per heavy atom. The van der Waals surface area contributed by atoms with Crippen LogP contribution in [0.15, 0.2) is 42.2 Å². The highest BCUT2D eigenvalue weighted by atomic mass is 15.3. The molecule has 0 amide bonds. The van der Waals surface area contributed by atoms with E-state index in [1.807, 2.05) is 13.0 Å². The normalized spacial score (nSPS) is 10.4. The van der Waals surface area contributed by atoms with Gasteiger partial charge in [-0.25, -0.2) is 9.67 Å². The Morgan fingerprint density at radius 1 is 1.58 bits per heavy atom. The summed E-state index contributed by atoms with van der Waals surface area (Å²) >= 11 is 0. The highest BCUT2D eigenvalue weighted by Crippen LogP contribution is 1.99. The highest BCUT2D eigenvalue weighted by molar-refractivity contribution is 5.80. The molecule has 3 nitrogen and oxygen atoms in total. The first-order chi connectivity index (χ1) is 5.70. The number of rotatable bonds is 3. The molecule has 1 heterocycles. The van der Waals surface area contributed by atoms with Gasteiger partial charge in [0.1, 0.15) is 5.82 Å². The quantitative estimate of drug-likeness (QED) is 0.623. The van der Waals surface area contributed by atoms with Crippen LogP contribution in [0.25, 0.3) is 5.82 Å². The van der Waals surface area contributed by atoms with Crippen molar-refractivity contribution >= 4 is 12.0 Å². The molecule has 0 N–H and O–H groups in total. The number of hydrogen-bond donors (Lipinski definition) is 0. The van der Waals surface area contributed by atoms with E-state index >= 15 is 0 Å². The monoisotopic (exact) mass is 161 g/mol. The molecule has 0 bridgehead atoms. The van der Waals surface area contributed by atoms with Crippen molar-refractivity contribution in [1.29, 1.82) is 0 Å². The SMILES string of the molecule is C=C(C)/C=N\C(=C)n1cccn1. The third-order valence-electron chi connectivity index (χ3n) is 1.20. The van der Waals surface area contributed by atoms with Gasteiger partial charge < -0.3 is 0 Å². The Hall–Kier alpha value is -1.64. The average Bonchev–Trinajstić information content (AvgIpc) is 2.51. The van der Waals surface area contributed by atoms with Crippen molar-refractivity contribution in [2.45, 2.75) is 6.92 Å². The van der Waals surface area contributed by atoms with Crippen molar-refractivity contribution in [2.75, 3.05) is 0 Å². The minimum atomic E-state index is 0.586. The van der Waals surface area contributed by atoms with E-state index in [9.17, 15) is 0 Å². The lowest BCUT2D eigenvalue weighted by atomic mass is 10.4. The molecule has 0 spiro atoms. The molecule has 0 radical (unpaired) electrons. The molecule has 1 aromatic rings. The number of aromatic nitrogens is 2. The smallest absolute Gasteiger partial charge is 0.146 e. The molecule has 0 unspecified atom stereocenters. The Morgan fingerprint density at radius 3 is 2.83 bits per heavy atom. The maximum Gasteiger partial charge on any atom is 0.146 e. The second-order valence-corrected chi connectivity index (χ2v) is 2.47. The topological polar surface area (TPSA) is 30.2 Å². The zero-order chi connectivity index (χ0) is 8.97. The molecule has 0 fully saturated rings. The van der Waals surface area contributed by atoms with Gasteiger partial charge in [0.2, 0.25) is 0 Å². The Kier molecular flexibility index (Phi) is 2.58. The summed E-state index contributed by atoms with van der Waals surface area (Å²) in [5, 5.41) is 3.97. The van der Waals surface area contributed by atoms with E-state index < -0.39 is 0 Å². The molecular formula is C9H11N3. The lowest BCUT2D eigenvalue weighted by molar-refractivity contribution is 0.891. The zero-order valence-electron chi connectivity index (χ0n) is 7.07. The minimum Gasteiger partial charge on any atom is -0.238 e. The van der Waals surface area contributed by atoms with Crippen LogP contribution >= 0.6 is 0 Å². The number of nitrogens with zero attached hydrogens (tertiary/aromatic N) is 3. The molecule has 0 aliphatic rings. The highest BCUT2D eigenvalue weighted by Gasteiger charge is 1.90. The summed E-state index contributed by atoms with van der Waals surface area (Å²) in [6.45, 7) is 9.29.